The Morgan fingerprint density at radius 2 is 2.00 bits per heavy atom. The molecule has 0 spiro atoms. The summed E-state index contributed by atoms with van der Waals surface area (Å²) in [4.78, 5) is 4.00. The van der Waals surface area contributed by atoms with E-state index < -0.39 is 0 Å². The van der Waals surface area contributed by atoms with Crippen LogP contribution in [0.2, 0.25) is 0 Å². The molecular weight excluding hydrogens is 278 g/mol. The number of halogens is 1. The van der Waals surface area contributed by atoms with Crippen molar-refractivity contribution in [2.45, 2.75) is 6.42 Å². The monoisotopic (exact) mass is 287 g/mol. The Bertz CT molecular complexity index is 543. The molecule has 1 aromatic heterocycles. The van der Waals surface area contributed by atoms with E-state index in [0.717, 1.165) is 21.4 Å². The van der Waals surface area contributed by atoms with Crippen molar-refractivity contribution in [3.05, 3.63) is 52.8 Å². The average Bonchev–Trinajstić information content (AvgIpc) is 2.35. The molecule has 0 unspecified atom stereocenters. The first-order valence-corrected chi connectivity index (χ1v) is 5.91. The van der Waals surface area contributed by atoms with Gasteiger partial charge >= 0.3 is 0 Å². The molecule has 4 heteroatoms. The van der Waals surface area contributed by atoms with Crippen molar-refractivity contribution in [2.75, 3.05) is 5.32 Å². The van der Waals surface area contributed by atoms with Crippen LogP contribution in [-0.2, 0) is 6.42 Å². The summed E-state index contributed by atoms with van der Waals surface area (Å²) in [7, 11) is 0. The molecule has 1 aromatic carbocycles. The highest BCUT2D eigenvalue weighted by molar-refractivity contribution is 9.10. The summed E-state index contributed by atoms with van der Waals surface area (Å²) in [6, 6.07) is 11.8. The Hall–Kier alpha value is -1.86. The lowest BCUT2D eigenvalue weighted by Gasteiger charge is -2.08. The smallest absolute Gasteiger partial charge is 0.0669 e. The van der Waals surface area contributed by atoms with Gasteiger partial charge in [0.15, 0.2) is 0 Å². The van der Waals surface area contributed by atoms with Crippen LogP contribution in [0.3, 0.4) is 0 Å². The lowest BCUT2D eigenvalue weighted by Crippen LogP contribution is -1.92. The minimum absolute atomic E-state index is 0.444. The van der Waals surface area contributed by atoms with Gasteiger partial charge in [0.05, 0.1) is 22.7 Å². The summed E-state index contributed by atoms with van der Waals surface area (Å²) in [6.07, 6.45) is 3.92. The third kappa shape index (κ3) is 3.05. The van der Waals surface area contributed by atoms with Crippen molar-refractivity contribution < 1.29 is 0 Å². The van der Waals surface area contributed by atoms with E-state index in [-0.39, 0.29) is 0 Å². The first kappa shape index (κ1) is 11.6. The van der Waals surface area contributed by atoms with E-state index in [0.29, 0.717) is 6.42 Å². The molecule has 3 nitrogen and oxygen atoms in total. The number of nitriles is 1. The zero-order valence-corrected chi connectivity index (χ0v) is 10.6. The molecule has 1 N–H and O–H groups in total. The molecule has 0 radical (unpaired) electrons. The predicted molar refractivity (Wildman–Crippen MR) is 71.0 cm³/mol. The Balaban J connectivity index is 2.15. The fourth-order valence-corrected chi connectivity index (χ4v) is 1.78. The lowest BCUT2D eigenvalue weighted by atomic mass is 10.1. The van der Waals surface area contributed by atoms with Crippen molar-refractivity contribution in [1.82, 2.24) is 4.98 Å². The summed E-state index contributed by atoms with van der Waals surface area (Å²) in [6.45, 7) is 0. The molecule has 17 heavy (non-hydrogen) atoms. The minimum atomic E-state index is 0.444. The Morgan fingerprint density at radius 1 is 1.24 bits per heavy atom. The molecule has 0 fully saturated rings. The maximum atomic E-state index is 8.58. The van der Waals surface area contributed by atoms with Crippen LogP contribution in [0, 0.1) is 11.3 Å². The topological polar surface area (TPSA) is 48.7 Å². The number of pyridine rings is 1. The number of nitrogens with one attached hydrogen (secondary N) is 1. The molecule has 0 amide bonds. The molecule has 2 aromatic rings. The third-order valence-corrected chi connectivity index (χ3v) is 2.92. The van der Waals surface area contributed by atoms with E-state index in [1.807, 2.05) is 30.3 Å². The summed E-state index contributed by atoms with van der Waals surface area (Å²) >= 11 is 3.43. The molecule has 0 atom stereocenters. The summed E-state index contributed by atoms with van der Waals surface area (Å²) in [5.41, 5.74) is 2.97. The van der Waals surface area contributed by atoms with Gasteiger partial charge < -0.3 is 5.32 Å². The van der Waals surface area contributed by atoms with Gasteiger partial charge in [0.2, 0.25) is 0 Å². The van der Waals surface area contributed by atoms with E-state index in [1.54, 1.807) is 12.4 Å². The van der Waals surface area contributed by atoms with E-state index >= 15 is 0 Å². The molecule has 0 bridgehead atoms. The molecule has 84 valence electrons. The lowest BCUT2D eigenvalue weighted by molar-refractivity contribution is 1.26. The number of hydrogen-bond acceptors (Lipinski definition) is 3. The maximum Gasteiger partial charge on any atom is 0.0669 e. The van der Waals surface area contributed by atoms with E-state index in [1.165, 1.54) is 0 Å². The van der Waals surface area contributed by atoms with Gasteiger partial charge in [-0.15, -0.1) is 0 Å². The zero-order chi connectivity index (χ0) is 12.1. The Kier molecular flexibility index (Phi) is 3.73. The first-order valence-electron chi connectivity index (χ1n) is 5.12. The van der Waals surface area contributed by atoms with Gasteiger partial charge in [-0.25, -0.2) is 0 Å². The van der Waals surface area contributed by atoms with E-state index in [2.05, 4.69) is 32.3 Å². The summed E-state index contributed by atoms with van der Waals surface area (Å²) in [5.74, 6) is 0. The number of aromatic nitrogens is 1. The number of hydrogen-bond donors (Lipinski definition) is 1. The normalized spacial score (nSPS) is 9.65. The molecule has 2 rings (SSSR count). The van der Waals surface area contributed by atoms with Gasteiger partial charge in [-0.2, -0.15) is 5.26 Å². The average molecular weight is 288 g/mol. The van der Waals surface area contributed by atoms with Crippen LogP contribution in [0.1, 0.15) is 5.56 Å². The fourth-order valence-electron chi connectivity index (χ4n) is 1.43. The molecule has 0 aliphatic carbocycles. The second-order valence-corrected chi connectivity index (χ2v) is 4.37. The van der Waals surface area contributed by atoms with Crippen LogP contribution in [0.4, 0.5) is 11.4 Å². The molecule has 0 aliphatic heterocycles. The highest BCUT2D eigenvalue weighted by Crippen LogP contribution is 2.24. The second kappa shape index (κ2) is 5.46. The van der Waals surface area contributed by atoms with Crippen LogP contribution >= 0.6 is 15.9 Å². The highest BCUT2D eigenvalue weighted by Gasteiger charge is 1.99. The highest BCUT2D eigenvalue weighted by atomic mass is 79.9. The third-order valence-electron chi connectivity index (χ3n) is 2.29. The Labute approximate surface area is 108 Å². The largest absolute Gasteiger partial charge is 0.355 e. The van der Waals surface area contributed by atoms with E-state index in [9.17, 15) is 0 Å². The van der Waals surface area contributed by atoms with Crippen molar-refractivity contribution in [3.8, 4) is 6.07 Å². The van der Waals surface area contributed by atoms with Gasteiger partial charge in [-0.1, -0.05) is 12.1 Å². The molecule has 1 heterocycles. The number of benzene rings is 1. The van der Waals surface area contributed by atoms with Gasteiger partial charge in [0.25, 0.3) is 0 Å². The van der Waals surface area contributed by atoms with Crippen molar-refractivity contribution in [1.29, 1.82) is 5.26 Å². The van der Waals surface area contributed by atoms with Crippen LogP contribution in [0.15, 0.2) is 47.2 Å². The Morgan fingerprint density at radius 3 is 2.65 bits per heavy atom. The quantitative estimate of drug-likeness (QED) is 0.937. The predicted octanol–water partition coefficient (Wildman–Crippen LogP) is 3.65. The van der Waals surface area contributed by atoms with Crippen LogP contribution in [-0.4, -0.2) is 4.98 Å². The number of nitrogens with zero attached hydrogens (tertiary/aromatic N) is 2. The zero-order valence-electron chi connectivity index (χ0n) is 9.02. The molecule has 0 saturated carbocycles. The van der Waals surface area contributed by atoms with Gasteiger partial charge in [0, 0.05) is 18.1 Å². The van der Waals surface area contributed by atoms with Crippen molar-refractivity contribution in [3.63, 3.8) is 0 Å². The van der Waals surface area contributed by atoms with Gasteiger partial charge in [-0.05, 0) is 39.7 Å². The van der Waals surface area contributed by atoms with Crippen LogP contribution in [0.25, 0.3) is 0 Å². The first-order chi connectivity index (χ1) is 8.29. The SMILES string of the molecule is N#CCc1ccc(Nc2ccncc2Br)cc1. The van der Waals surface area contributed by atoms with Gasteiger partial charge in [-0.3, -0.25) is 4.98 Å². The molecule has 0 aliphatic rings. The number of anilines is 2. The van der Waals surface area contributed by atoms with Crippen molar-refractivity contribution >= 4 is 27.3 Å². The van der Waals surface area contributed by atoms with Crippen molar-refractivity contribution in [2.24, 2.45) is 0 Å². The summed E-state index contributed by atoms with van der Waals surface area (Å²) < 4.78 is 0.918. The second-order valence-electron chi connectivity index (χ2n) is 3.51. The fraction of sp³-hybridized carbons (Fsp3) is 0.0769. The van der Waals surface area contributed by atoms with Gasteiger partial charge in [0.1, 0.15) is 0 Å². The number of rotatable bonds is 3. The molecular formula is C13H10BrN3. The maximum absolute atomic E-state index is 8.58. The van der Waals surface area contributed by atoms with Crippen LogP contribution in [0.5, 0.6) is 0 Å². The summed E-state index contributed by atoms with van der Waals surface area (Å²) in [5, 5.41) is 11.9. The van der Waals surface area contributed by atoms with Crippen LogP contribution < -0.4 is 5.32 Å². The minimum Gasteiger partial charge on any atom is -0.355 e. The molecule has 0 saturated heterocycles. The standard InChI is InChI=1S/C13H10BrN3/c14-12-9-16-8-6-13(12)17-11-3-1-10(2-4-11)5-7-15/h1-4,6,8-9H,5H2,(H,16,17). The van der Waals surface area contributed by atoms with E-state index in [4.69, 9.17) is 5.26 Å².